The maximum Gasteiger partial charge on any atom is 0.261 e. The predicted molar refractivity (Wildman–Crippen MR) is 97.4 cm³/mol. The maximum atomic E-state index is 12.3. The topological polar surface area (TPSA) is 72.7 Å². The Balaban J connectivity index is 1.36. The van der Waals surface area contributed by atoms with Crippen LogP contribution in [0, 0.1) is 0 Å². The van der Waals surface area contributed by atoms with E-state index < -0.39 is 0 Å². The van der Waals surface area contributed by atoms with Gasteiger partial charge in [0.25, 0.3) is 5.91 Å². The molecule has 0 radical (unpaired) electrons. The molecular formula is C18H15N5OS. The lowest BCUT2D eigenvalue weighted by Gasteiger charge is -2.03. The van der Waals surface area contributed by atoms with E-state index in [0.717, 1.165) is 26.4 Å². The highest BCUT2D eigenvalue weighted by atomic mass is 32.1. The molecular weight excluding hydrogens is 334 g/mol. The van der Waals surface area contributed by atoms with Crippen molar-refractivity contribution in [2.75, 3.05) is 6.54 Å². The molecule has 0 aliphatic rings. The van der Waals surface area contributed by atoms with Gasteiger partial charge in [-0.3, -0.25) is 19.4 Å². The highest BCUT2D eigenvalue weighted by Gasteiger charge is 2.10. The van der Waals surface area contributed by atoms with Crippen LogP contribution in [-0.2, 0) is 6.54 Å². The minimum atomic E-state index is -0.0532. The molecule has 0 bridgehead atoms. The highest BCUT2D eigenvalue weighted by Crippen LogP contribution is 2.24. The van der Waals surface area contributed by atoms with Crippen molar-refractivity contribution in [2.24, 2.45) is 0 Å². The molecule has 6 nitrogen and oxygen atoms in total. The van der Waals surface area contributed by atoms with Crippen LogP contribution >= 0.6 is 11.3 Å². The van der Waals surface area contributed by atoms with Gasteiger partial charge in [-0.2, -0.15) is 5.10 Å². The lowest BCUT2D eigenvalue weighted by molar-refractivity contribution is 0.0956. The number of nitrogens with one attached hydrogen (secondary N) is 1. The third-order valence-corrected chi connectivity index (χ3v) is 4.86. The number of amides is 1. The zero-order valence-corrected chi connectivity index (χ0v) is 14.1. The van der Waals surface area contributed by atoms with Crippen molar-refractivity contribution in [3.05, 3.63) is 66.1 Å². The molecule has 0 unspecified atom stereocenters. The SMILES string of the molecule is O=C(NCCn1ccc(-c2cnccn2)n1)c1cc2ccccc2s1. The van der Waals surface area contributed by atoms with E-state index >= 15 is 0 Å². The molecule has 25 heavy (non-hydrogen) atoms. The summed E-state index contributed by atoms with van der Waals surface area (Å²) in [6.45, 7) is 1.10. The molecule has 1 amide bonds. The Morgan fingerprint density at radius 3 is 2.92 bits per heavy atom. The van der Waals surface area contributed by atoms with Gasteiger partial charge in [0.15, 0.2) is 0 Å². The summed E-state index contributed by atoms with van der Waals surface area (Å²) in [7, 11) is 0. The van der Waals surface area contributed by atoms with Crippen molar-refractivity contribution in [3.63, 3.8) is 0 Å². The van der Waals surface area contributed by atoms with Gasteiger partial charge >= 0.3 is 0 Å². The van der Waals surface area contributed by atoms with Crippen LogP contribution in [0.4, 0.5) is 0 Å². The number of fused-ring (bicyclic) bond motifs is 1. The second-order valence-corrected chi connectivity index (χ2v) is 6.54. The minimum absolute atomic E-state index is 0.0532. The maximum absolute atomic E-state index is 12.3. The first-order valence-corrected chi connectivity index (χ1v) is 8.68. The number of rotatable bonds is 5. The molecule has 1 aromatic carbocycles. The summed E-state index contributed by atoms with van der Waals surface area (Å²) in [5.74, 6) is -0.0532. The van der Waals surface area contributed by atoms with Gasteiger partial charge in [-0.15, -0.1) is 11.3 Å². The first-order valence-electron chi connectivity index (χ1n) is 7.86. The van der Waals surface area contributed by atoms with Crippen LogP contribution in [0.15, 0.2) is 61.2 Å². The molecule has 4 aromatic rings. The van der Waals surface area contributed by atoms with E-state index in [4.69, 9.17) is 0 Å². The van der Waals surface area contributed by atoms with Crippen molar-refractivity contribution >= 4 is 27.3 Å². The molecule has 0 aliphatic carbocycles. The fraction of sp³-hybridized carbons (Fsp3) is 0.111. The van der Waals surface area contributed by atoms with Gasteiger partial charge in [0.05, 0.1) is 17.6 Å². The summed E-state index contributed by atoms with van der Waals surface area (Å²) in [6.07, 6.45) is 6.81. The first kappa shape index (κ1) is 15.5. The molecule has 124 valence electrons. The Kier molecular flexibility index (Phi) is 4.22. The molecule has 0 atom stereocenters. The molecule has 0 saturated carbocycles. The molecule has 0 fully saturated rings. The van der Waals surface area contributed by atoms with Crippen molar-refractivity contribution in [1.82, 2.24) is 25.1 Å². The Labute approximate surface area is 148 Å². The largest absolute Gasteiger partial charge is 0.349 e. The van der Waals surface area contributed by atoms with Crippen LogP contribution in [0.3, 0.4) is 0 Å². The zero-order chi connectivity index (χ0) is 17.1. The van der Waals surface area contributed by atoms with Crippen LogP contribution in [0.2, 0.25) is 0 Å². The summed E-state index contributed by atoms with van der Waals surface area (Å²) < 4.78 is 2.91. The van der Waals surface area contributed by atoms with Gasteiger partial charge in [0.1, 0.15) is 11.4 Å². The molecule has 4 rings (SSSR count). The van der Waals surface area contributed by atoms with Crippen molar-refractivity contribution in [3.8, 4) is 11.4 Å². The standard InChI is InChI=1S/C18H15N5OS/c24-18(17-11-13-3-1-2-4-16(13)25-17)21-8-10-23-9-5-14(22-23)15-12-19-6-7-20-15/h1-7,9,11-12H,8,10H2,(H,21,24). The van der Waals surface area contributed by atoms with Crippen LogP contribution < -0.4 is 5.32 Å². The van der Waals surface area contributed by atoms with Crippen molar-refractivity contribution in [2.45, 2.75) is 6.54 Å². The number of thiophene rings is 1. The number of hydrogen-bond acceptors (Lipinski definition) is 5. The number of hydrogen-bond donors (Lipinski definition) is 1. The van der Waals surface area contributed by atoms with Crippen LogP contribution in [0.1, 0.15) is 9.67 Å². The average molecular weight is 349 g/mol. The van der Waals surface area contributed by atoms with E-state index in [1.54, 1.807) is 23.3 Å². The summed E-state index contributed by atoms with van der Waals surface area (Å²) in [5, 5.41) is 8.49. The first-order chi connectivity index (χ1) is 12.3. The Hall–Kier alpha value is -3.06. The molecule has 3 heterocycles. The van der Waals surface area contributed by atoms with Crippen LogP contribution in [-0.4, -0.2) is 32.2 Å². The number of nitrogens with zero attached hydrogens (tertiary/aromatic N) is 4. The summed E-state index contributed by atoms with van der Waals surface area (Å²) in [4.78, 5) is 21.3. The fourth-order valence-corrected chi connectivity index (χ4v) is 3.50. The fourth-order valence-electron chi connectivity index (χ4n) is 2.52. The van der Waals surface area contributed by atoms with Crippen molar-refractivity contribution < 1.29 is 4.79 Å². The number of carbonyl (C=O) groups is 1. The molecule has 0 saturated heterocycles. The molecule has 7 heteroatoms. The van der Waals surface area contributed by atoms with E-state index in [-0.39, 0.29) is 5.91 Å². The van der Waals surface area contributed by atoms with E-state index in [0.29, 0.717) is 13.1 Å². The third kappa shape index (κ3) is 3.41. The number of aromatic nitrogens is 4. The summed E-state index contributed by atoms with van der Waals surface area (Å²) >= 11 is 1.50. The smallest absolute Gasteiger partial charge is 0.261 e. The summed E-state index contributed by atoms with van der Waals surface area (Å²) in [5.41, 5.74) is 1.50. The van der Waals surface area contributed by atoms with E-state index in [2.05, 4.69) is 20.4 Å². The van der Waals surface area contributed by atoms with E-state index in [1.807, 2.05) is 42.6 Å². The second-order valence-electron chi connectivity index (χ2n) is 5.46. The predicted octanol–water partition coefficient (Wildman–Crippen LogP) is 2.98. The molecule has 3 aromatic heterocycles. The average Bonchev–Trinajstić information content (AvgIpc) is 3.29. The lowest BCUT2D eigenvalue weighted by atomic mass is 10.2. The van der Waals surface area contributed by atoms with Gasteiger partial charge in [0.2, 0.25) is 0 Å². The lowest BCUT2D eigenvalue weighted by Crippen LogP contribution is -2.26. The molecule has 0 spiro atoms. The molecule has 0 aliphatic heterocycles. The Morgan fingerprint density at radius 2 is 2.08 bits per heavy atom. The van der Waals surface area contributed by atoms with Gasteiger partial charge in [0, 0.05) is 29.8 Å². The normalized spacial score (nSPS) is 10.9. The van der Waals surface area contributed by atoms with E-state index in [9.17, 15) is 4.79 Å². The quantitative estimate of drug-likeness (QED) is 0.601. The minimum Gasteiger partial charge on any atom is -0.349 e. The summed E-state index contributed by atoms with van der Waals surface area (Å²) in [6, 6.07) is 11.8. The van der Waals surface area contributed by atoms with Gasteiger partial charge < -0.3 is 5.32 Å². The van der Waals surface area contributed by atoms with Gasteiger partial charge in [-0.1, -0.05) is 18.2 Å². The monoisotopic (exact) mass is 349 g/mol. The highest BCUT2D eigenvalue weighted by molar-refractivity contribution is 7.20. The Morgan fingerprint density at radius 1 is 1.16 bits per heavy atom. The second kappa shape index (κ2) is 6.82. The van der Waals surface area contributed by atoms with Gasteiger partial charge in [-0.05, 0) is 23.6 Å². The van der Waals surface area contributed by atoms with Crippen LogP contribution in [0.5, 0.6) is 0 Å². The molecule has 1 N–H and O–H groups in total. The Bertz CT molecular complexity index is 975. The van der Waals surface area contributed by atoms with Gasteiger partial charge in [-0.25, -0.2) is 0 Å². The van der Waals surface area contributed by atoms with Crippen molar-refractivity contribution in [1.29, 1.82) is 0 Å². The van der Waals surface area contributed by atoms with E-state index in [1.165, 1.54) is 11.3 Å². The number of carbonyl (C=O) groups excluding carboxylic acids is 1. The number of benzene rings is 1. The van der Waals surface area contributed by atoms with Crippen LogP contribution in [0.25, 0.3) is 21.5 Å². The third-order valence-electron chi connectivity index (χ3n) is 3.74. The zero-order valence-electron chi connectivity index (χ0n) is 13.3.